The second-order valence-electron chi connectivity index (χ2n) is 5.19. The van der Waals surface area contributed by atoms with Gasteiger partial charge in [-0.1, -0.05) is 13.0 Å². The molecule has 1 fully saturated rings. The maximum Gasteiger partial charge on any atom is 0.337 e. The van der Waals surface area contributed by atoms with E-state index in [0.717, 1.165) is 36.1 Å². The van der Waals surface area contributed by atoms with Gasteiger partial charge in [-0.15, -0.1) is 0 Å². The second-order valence-corrected chi connectivity index (χ2v) is 5.19. The molecule has 0 atom stereocenters. The number of imidazole rings is 1. The molecule has 1 saturated carbocycles. The molecule has 3 rings (SSSR count). The molecule has 1 aromatic heterocycles. The summed E-state index contributed by atoms with van der Waals surface area (Å²) >= 11 is 0. The van der Waals surface area contributed by atoms with Crippen LogP contribution in [0.3, 0.4) is 0 Å². The first-order valence-corrected chi connectivity index (χ1v) is 6.31. The van der Waals surface area contributed by atoms with E-state index in [1.807, 2.05) is 6.07 Å². The fraction of sp³-hybridized carbons (Fsp3) is 0.429. The Hall–Kier alpha value is -1.84. The van der Waals surface area contributed by atoms with Crippen molar-refractivity contribution in [2.24, 2.45) is 0 Å². The predicted molar refractivity (Wildman–Crippen MR) is 69.0 cm³/mol. The second kappa shape index (κ2) is 3.57. The van der Waals surface area contributed by atoms with Crippen molar-refractivity contribution in [3.05, 3.63) is 29.6 Å². The normalized spacial score (nSPS) is 17.0. The standard InChI is InChI=1S/C14H16N2O2/c1-3-11-15-10-6-4-5-9(13(17)18)12(10)16(11)14(2)7-8-14/h4-6H,3,7-8H2,1-2H3,(H,17,18). The predicted octanol–water partition coefficient (Wildman–Crippen LogP) is 2.81. The Labute approximate surface area is 105 Å². The summed E-state index contributed by atoms with van der Waals surface area (Å²) in [6.45, 7) is 4.23. The molecule has 1 aliphatic carbocycles. The molecule has 0 bridgehead atoms. The number of nitrogens with zero attached hydrogens (tertiary/aromatic N) is 2. The number of carboxylic acids is 1. The van der Waals surface area contributed by atoms with Gasteiger partial charge in [-0.25, -0.2) is 9.78 Å². The average molecular weight is 244 g/mol. The molecule has 1 aromatic carbocycles. The fourth-order valence-electron chi connectivity index (χ4n) is 2.57. The van der Waals surface area contributed by atoms with Crippen LogP contribution in [0.2, 0.25) is 0 Å². The van der Waals surface area contributed by atoms with Gasteiger partial charge < -0.3 is 9.67 Å². The minimum absolute atomic E-state index is 0.0612. The number of hydrogen-bond acceptors (Lipinski definition) is 2. The zero-order valence-electron chi connectivity index (χ0n) is 10.6. The van der Waals surface area contributed by atoms with Crippen molar-refractivity contribution in [2.75, 3.05) is 0 Å². The summed E-state index contributed by atoms with van der Waals surface area (Å²) in [4.78, 5) is 16.0. The smallest absolute Gasteiger partial charge is 0.337 e. The van der Waals surface area contributed by atoms with Crippen LogP contribution in [0.1, 0.15) is 42.9 Å². The molecule has 0 saturated heterocycles. The summed E-state index contributed by atoms with van der Waals surface area (Å²) in [6.07, 6.45) is 3.02. The zero-order chi connectivity index (χ0) is 12.9. The Kier molecular flexibility index (Phi) is 2.24. The number of aryl methyl sites for hydroxylation is 1. The van der Waals surface area contributed by atoms with Gasteiger partial charge in [0.1, 0.15) is 5.82 Å². The summed E-state index contributed by atoms with van der Waals surface area (Å²) < 4.78 is 2.14. The van der Waals surface area contributed by atoms with Crippen LogP contribution in [0.4, 0.5) is 0 Å². The molecule has 0 radical (unpaired) electrons. The number of fused-ring (bicyclic) bond motifs is 1. The van der Waals surface area contributed by atoms with E-state index >= 15 is 0 Å². The van der Waals surface area contributed by atoms with Gasteiger partial charge in [-0.05, 0) is 31.9 Å². The largest absolute Gasteiger partial charge is 0.478 e. The lowest BCUT2D eigenvalue weighted by molar-refractivity contribution is 0.0698. The minimum atomic E-state index is -0.881. The van der Waals surface area contributed by atoms with Gasteiger partial charge in [0.2, 0.25) is 0 Å². The molecule has 2 aromatic rings. The molecule has 1 N–H and O–H groups in total. The lowest BCUT2D eigenvalue weighted by Gasteiger charge is -2.16. The number of aromatic nitrogens is 2. The van der Waals surface area contributed by atoms with Gasteiger partial charge in [0.05, 0.1) is 16.6 Å². The lowest BCUT2D eigenvalue weighted by Crippen LogP contribution is -2.17. The number of rotatable bonds is 3. The van der Waals surface area contributed by atoms with Crippen molar-refractivity contribution in [1.82, 2.24) is 9.55 Å². The van der Waals surface area contributed by atoms with Crippen LogP contribution in [0.15, 0.2) is 18.2 Å². The van der Waals surface area contributed by atoms with Crippen LogP contribution in [0.5, 0.6) is 0 Å². The van der Waals surface area contributed by atoms with E-state index in [1.54, 1.807) is 12.1 Å². The van der Waals surface area contributed by atoms with E-state index in [1.165, 1.54) is 0 Å². The third-order valence-corrected chi connectivity index (χ3v) is 3.81. The van der Waals surface area contributed by atoms with Crippen LogP contribution < -0.4 is 0 Å². The zero-order valence-corrected chi connectivity index (χ0v) is 10.6. The molecular formula is C14H16N2O2. The SMILES string of the molecule is CCc1nc2cccc(C(=O)O)c2n1C1(C)CC1. The molecule has 18 heavy (non-hydrogen) atoms. The number of aromatic carboxylic acids is 1. The van der Waals surface area contributed by atoms with Crippen molar-refractivity contribution in [2.45, 2.75) is 38.6 Å². The molecule has 4 heteroatoms. The van der Waals surface area contributed by atoms with E-state index in [0.29, 0.717) is 5.56 Å². The Balaban J connectivity index is 2.39. The monoisotopic (exact) mass is 244 g/mol. The number of para-hydroxylation sites is 1. The Bertz CT molecular complexity index is 639. The van der Waals surface area contributed by atoms with E-state index in [9.17, 15) is 9.90 Å². The maximum atomic E-state index is 11.4. The van der Waals surface area contributed by atoms with Crippen LogP contribution in [0.25, 0.3) is 11.0 Å². The summed E-state index contributed by atoms with van der Waals surface area (Å²) in [5.41, 5.74) is 1.99. The molecule has 0 unspecified atom stereocenters. The van der Waals surface area contributed by atoms with Crippen LogP contribution in [0, 0.1) is 0 Å². The summed E-state index contributed by atoms with van der Waals surface area (Å²) in [5, 5.41) is 9.33. The molecule has 0 aliphatic heterocycles. The highest BCUT2D eigenvalue weighted by atomic mass is 16.4. The van der Waals surface area contributed by atoms with Crippen LogP contribution >= 0.6 is 0 Å². The molecule has 0 spiro atoms. The van der Waals surface area contributed by atoms with Gasteiger partial charge in [0.15, 0.2) is 0 Å². The Morgan fingerprint density at radius 2 is 2.22 bits per heavy atom. The fourth-order valence-corrected chi connectivity index (χ4v) is 2.57. The van der Waals surface area contributed by atoms with Crippen molar-refractivity contribution in [3.8, 4) is 0 Å². The Morgan fingerprint density at radius 1 is 1.50 bits per heavy atom. The number of carboxylic acid groups (broad SMARTS) is 1. The summed E-state index contributed by atoms with van der Waals surface area (Å²) in [7, 11) is 0. The first-order valence-electron chi connectivity index (χ1n) is 6.31. The van der Waals surface area contributed by atoms with Crippen LogP contribution in [-0.2, 0) is 12.0 Å². The Morgan fingerprint density at radius 3 is 2.78 bits per heavy atom. The topological polar surface area (TPSA) is 55.1 Å². The molecule has 1 heterocycles. The molecule has 1 aliphatic rings. The first kappa shape index (κ1) is 11.3. The first-order chi connectivity index (χ1) is 8.57. The van der Waals surface area contributed by atoms with Gasteiger partial charge >= 0.3 is 5.97 Å². The third kappa shape index (κ3) is 1.45. The molecule has 94 valence electrons. The average Bonchev–Trinajstić information content (AvgIpc) is 2.96. The van der Waals surface area contributed by atoms with Gasteiger partial charge in [-0.2, -0.15) is 0 Å². The van der Waals surface area contributed by atoms with E-state index in [4.69, 9.17) is 0 Å². The van der Waals surface area contributed by atoms with E-state index < -0.39 is 5.97 Å². The highest BCUT2D eigenvalue weighted by Gasteiger charge is 2.42. The van der Waals surface area contributed by atoms with Gasteiger partial charge in [0, 0.05) is 12.0 Å². The number of hydrogen-bond donors (Lipinski definition) is 1. The van der Waals surface area contributed by atoms with E-state index in [-0.39, 0.29) is 5.54 Å². The van der Waals surface area contributed by atoms with Crippen molar-refractivity contribution in [1.29, 1.82) is 0 Å². The maximum absolute atomic E-state index is 11.4. The third-order valence-electron chi connectivity index (χ3n) is 3.81. The van der Waals surface area contributed by atoms with Crippen molar-refractivity contribution >= 4 is 17.0 Å². The lowest BCUT2D eigenvalue weighted by atomic mass is 10.1. The molecule has 0 amide bonds. The summed E-state index contributed by atoms with van der Waals surface area (Å²) in [6, 6.07) is 5.31. The summed E-state index contributed by atoms with van der Waals surface area (Å²) in [5.74, 6) is 0.104. The number of carbonyl (C=O) groups is 1. The van der Waals surface area contributed by atoms with E-state index in [2.05, 4.69) is 23.4 Å². The van der Waals surface area contributed by atoms with Gasteiger partial charge in [-0.3, -0.25) is 0 Å². The quantitative estimate of drug-likeness (QED) is 0.903. The molecule has 4 nitrogen and oxygen atoms in total. The van der Waals surface area contributed by atoms with Crippen molar-refractivity contribution in [3.63, 3.8) is 0 Å². The minimum Gasteiger partial charge on any atom is -0.478 e. The van der Waals surface area contributed by atoms with Crippen LogP contribution in [-0.4, -0.2) is 20.6 Å². The van der Waals surface area contributed by atoms with Crippen molar-refractivity contribution < 1.29 is 9.90 Å². The highest BCUT2D eigenvalue weighted by Crippen LogP contribution is 2.46. The molecular weight excluding hydrogens is 228 g/mol. The highest BCUT2D eigenvalue weighted by molar-refractivity contribution is 6.01. The number of benzene rings is 1. The van der Waals surface area contributed by atoms with Gasteiger partial charge in [0.25, 0.3) is 0 Å².